The number of aromatic nitrogens is 2. The lowest BCUT2D eigenvalue weighted by Gasteiger charge is -2.30. The Kier molecular flexibility index (Phi) is 6.55. The van der Waals surface area contributed by atoms with Crippen molar-refractivity contribution >= 4 is 22.4 Å². The van der Waals surface area contributed by atoms with Crippen molar-refractivity contribution in [3.05, 3.63) is 112 Å². The first-order chi connectivity index (χ1) is 20.8. The molecule has 7 rings (SSSR count). The van der Waals surface area contributed by atoms with E-state index in [1.807, 2.05) is 61.5 Å². The average Bonchev–Trinajstić information content (AvgIpc) is 3.58. The fourth-order valence-electron chi connectivity index (χ4n) is 6.66. The Morgan fingerprint density at radius 1 is 1.00 bits per heavy atom. The zero-order valence-corrected chi connectivity index (χ0v) is 24.1. The molecule has 0 saturated carbocycles. The number of hydrogen-bond donors (Lipinski definition) is 2. The highest BCUT2D eigenvalue weighted by atomic mass is 35.5. The van der Waals surface area contributed by atoms with Gasteiger partial charge >= 0.3 is 0 Å². The fourth-order valence-corrected chi connectivity index (χ4v) is 6.77. The molecule has 5 aromatic rings. The average molecular weight is 594 g/mol. The van der Waals surface area contributed by atoms with Crippen molar-refractivity contribution in [1.82, 2.24) is 9.55 Å². The van der Waals surface area contributed by atoms with E-state index in [1.54, 1.807) is 24.3 Å². The van der Waals surface area contributed by atoms with Gasteiger partial charge in [-0.3, -0.25) is 4.57 Å². The Bertz CT molecular complexity index is 1880. The molecule has 0 aliphatic carbocycles. The molecule has 1 saturated heterocycles. The molecule has 2 bridgehead atoms. The van der Waals surface area contributed by atoms with Gasteiger partial charge in [-0.25, -0.2) is 4.98 Å². The standard InChI is InChI=1S/C34H28ClN3O5/c1-33-27(42-20-21-7-3-2-4-8-21)17-34(43-33,15-16-41-28-14-12-23(35)19-37-28)30-29(33)31(39)38(32(30)40)26-13-11-22(18-36)24-9-5-6-10-25(24)26/h2-14,19,27,39-40H,15-17,20H2,1H3/t27-,33-,34+/m0/s1. The van der Waals surface area contributed by atoms with Crippen LogP contribution < -0.4 is 4.74 Å². The lowest BCUT2D eigenvalue weighted by atomic mass is 9.76. The number of aromatic hydroxyl groups is 2. The quantitative estimate of drug-likeness (QED) is 0.202. The Balaban J connectivity index is 1.31. The van der Waals surface area contributed by atoms with Gasteiger partial charge in [0.25, 0.3) is 0 Å². The van der Waals surface area contributed by atoms with Gasteiger partial charge in [-0.2, -0.15) is 5.26 Å². The molecular formula is C34H28ClN3O5. The normalized spacial score (nSPS) is 22.0. The summed E-state index contributed by atoms with van der Waals surface area (Å²) < 4.78 is 20.6. The molecule has 2 aliphatic rings. The molecule has 43 heavy (non-hydrogen) atoms. The molecule has 9 heteroatoms. The number of ether oxygens (including phenoxy) is 3. The van der Waals surface area contributed by atoms with Gasteiger partial charge in [0, 0.05) is 35.9 Å². The van der Waals surface area contributed by atoms with Gasteiger partial charge in [0.05, 0.1) is 52.8 Å². The van der Waals surface area contributed by atoms with Crippen LogP contribution in [-0.2, 0) is 27.3 Å². The van der Waals surface area contributed by atoms with Crippen LogP contribution in [0, 0.1) is 11.3 Å². The molecule has 2 aromatic heterocycles. The monoisotopic (exact) mass is 593 g/mol. The van der Waals surface area contributed by atoms with Crippen molar-refractivity contribution in [3.8, 4) is 29.4 Å². The van der Waals surface area contributed by atoms with Crippen molar-refractivity contribution in [2.75, 3.05) is 6.61 Å². The van der Waals surface area contributed by atoms with Crippen LogP contribution in [0.3, 0.4) is 0 Å². The molecule has 0 spiro atoms. The van der Waals surface area contributed by atoms with Crippen LogP contribution in [0.1, 0.15) is 42.0 Å². The molecule has 1 fully saturated rings. The molecule has 3 atom stereocenters. The summed E-state index contributed by atoms with van der Waals surface area (Å²) in [5, 5.41) is 35.4. The van der Waals surface area contributed by atoms with Crippen molar-refractivity contribution in [2.24, 2.45) is 0 Å². The first kappa shape index (κ1) is 27.3. The van der Waals surface area contributed by atoms with E-state index in [-0.39, 0.29) is 18.4 Å². The van der Waals surface area contributed by atoms with Crippen LogP contribution in [-0.4, -0.2) is 32.5 Å². The smallest absolute Gasteiger partial charge is 0.213 e. The fraction of sp³-hybridized carbons (Fsp3) is 0.235. The van der Waals surface area contributed by atoms with E-state index in [2.05, 4.69) is 11.1 Å². The van der Waals surface area contributed by atoms with Crippen molar-refractivity contribution in [2.45, 2.75) is 43.7 Å². The number of benzene rings is 3. The first-order valence-corrected chi connectivity index (χ1v) is 14.4. The van der Waals surface area contributed by atoms with Gasteiger partial charge in [0.15, 0.2) is 0 Å². The molecule has 216 valence electrons. The highest BCUT2D eigenvalue weighted by Gasteiger charge is 2.66. The summed E-state index contributed by atoms with van der Waals surface area (Å²) in [5.74, 6) is 0.183. The van der Waals surface area contributed by atoms with Crippen LogP contribution in [0.15, 0.2) is 85.1 Å². The number of fused-ring (bicyclic) bond motifs is 6. The summed E-state index contributed by atoms with van der Waals surface area (Å²) in [6, 6.07) is 26.4. The summed E-state index contributed by atoms with van der Waals surface area (Å²) in [6.45, 7) is 2.51. The number of pyridine rings is 1. The highest BCUT2D eigenvalue weighted by molar-refractivity contribution is 6.30. The molecule has 0 radical (unpaired) electrons. The van der Waals surface area contributed by atoms with E-state index >= 15 is 0 Å². The Morgan fingerprint density at radius 2 is 1.74 bits per heavy atom. The van der Waals surface area contributed by atoms with Gasteiger partial charge in [-0.05, 0) is 30.7 Å². The first-order valence-electron chi connectivity index (χ1n) is 14.0. The summed E-state index contributed by atoms with van der Waals surface area (Å²) in [7, 11) is 0. The summed E-state index contributed by atoms with van der Waals surface area (Å²) >= 11 is 5.98. The minimum atomic E-state index is -1.04. The Hall–Kier alpha value is -4.55. The maximum absolute atomic E-state index is 11.9. The third-order valence-electron chi connectivity index (χ3n) is 8.62. The van der Waals surface area contributed by atoms with E-state index in [9.17, 15) is 15.5 Å². The minimum absolute atomic E-state index is 0.114. The maximum Gasteiger partial charge on any atom is 0.213 e. The Labute approximate surface area is 253 Å². The van der Waals surface area contributed by atoms with Gasteiger partial charge in [0.1, 0.15) is 11.2 Å². The molecular weight excluding hydrogens is 566 g/mol. The van der Waals surface area contributed by atoms with Crippen LogP contribution in [0.5, 0.6) is 17.6 Å². The van der Waals surface area contributed by atoms with Crippen LogP contribution >= 0.6 is 11.6 Å². The number of nitriles is 1. The van der Waals surface area contributed by atoms with Crippen LogP contribution in [0.2, 0.25) is 5.02 Å². The summed E-state index contributed by atoms with van der Waals surface area (Å²) in [4.78, 5) is 4.22. The molecule has 4 heterocycles. The van der Waals surface area contributed by atoms with Gasteiger partial charge in [0.2, 0.25) is 17.6 Å². The van der Waals surface area contributed by atoms with Crippen LogP contribution in [0.25, 0.3) is 16.5 Å². The lowest BCUT2D eigenvalue weighted by molar-refractivity contribution is -0.121. The van der Waals surface area contributed by atoms with Gasteiger partial charge in [-0.15, -0.1) is 0 Å². The van der Waals surface area contributed by atoms with Crippen LogP contribution in [0.4, 0.5) is 0 Å². The largest absolute Gasteiger partial charge is 0.494 e. The predicted molar refractivity (Wildman–Crippen MR) is 160 cm³/mol. The highest BCUT2D eigenvalue weighted by Crippen LogP contribution is 2.66. The second kappa shape index (κ2) is 10.3. The van der Waals surface area contributed by atoms with Crippen molar-refractivity contribution in [1.29, 1.82) is 5.26 Å². The topological polar surface area (TPSA) is 110 Å². The lowest BCUT2D eigenvalue weighted by Crippen LogP contribution is -2.35. The number of nitrogens with zero attached hydrogens (tertiary/aromatic N) is 3. The molecule has 2 aliphatic heterocycles. The van der Waals surface area contributed by atoms with E-state index in [0.29, 0.717) is 52.7 Å². The molecule has 8 nitrogen and oxygen atoms in total. The second-order valence-electron chi connectivity index (χ2n) is 11.1. The van der Waals surface area contributed by atoms with E-state index < -0.39 is 17.3 Å². The van der Waals surface area contributed by atoms with E-state index in [0.717, 1.165) is 16.3 Å². The molecule has 0 amide bonds. The third-order valence-corrected chi connectivity index (χ3v) is 8.85. The summed E-state index contributed by atoms with van der Waals surface area (Å²) in [5.41, 5.74) is 1.06. The molecule has 0 unspecified atom stereocenters. The minimum Gasteiger partial charge on any atom is -0.494 e. The van der Waals surface area contributed by atoms with Crippen molar-refractivity contribution < 1.29 is 24.4 Å². The number of rotatable bonds is 8. The maximum atomic E-state index is 11.9. The molecule has 2 N–H and O–H groups in total. The number of hydrogen-bond acceptors (Lipinski definition) is 7. The van der Waals surface area contributed by atoms with Gasteiger partial charge in [-0.1, -0.05) is 66.2 Å². The SMILES string of the molecule is C[C@]12O[C@](CCOc3ccc(Cl)cn3)(C[C@@H]1OCc1ccccc1)c1c2c(O)n(-c2ccc(C#N)c3ccccc23)c1O. The Morgan fingerprint density at radius 3 is 2.49 bits per heavy atom. The van der Waals surface area contributed by atoms with E-state index in [4.69, 9.17) is 25.8 Å². The van der Waals surface area contributed by atoms with Gasteiger partial charge < -0.3 is 24.4 Å². The zero-order chi connectivity index (χ0) is 29.8. The third kappa shape index (κ3) is 4.31. The number of halogens is 1. The zero-order valence-electron chi connectivity index (χ0n) is 23.3. The van der Waals surface area contributed by atoms with E-state index in [1.165, 1.54) is 10.8 Å². The summed E-state index contributed by atoms with van der Waals surface area (Å²) in [6.07, 6.45) is 1.93. The van der Waals surface area contributed by atoms with Crippen molar-refractivity contribution in [3.63, 3.8) is 0 Å². The predicted octanol–water partition coefficient (Wildman–Crippen LogP) is 6.86. The second-order valence-corrected chi connectivity index (χ2v) is 11.6. The molecule has 3 aromatic carbocycles.